The lowest BCUT2D eigenvalue weighted by Gasteiger charge is -2.26. The van der Waals surface area contributed by atoms with Crippen LogP contribution in [0.5, 0.6) is 5.88 Å². The summed E-state index contributed by atoms with van der Waals surface area (Å²) in [6.45, 7) is 2.30. The first-order valence-corrected chi connectivity index (χ1v) is 11.6. The zero-order chi connectivity index (χ0) is 25.2. The van der Waals surface area contributed by atoms with Gasteiger partial charge in [0.1, 0.15) is 13.2 Å². The zero-order valence-electron chi connectivity index (χ0n) is 19.6. The van der Waals surface area contributed by atoms with E-state index >= 15 is 0 Å². The number of carbonyl (C=O) groups excluding carboxylic acids is 1. The van der Waals surface area contributed by atoms with Crippen LogP contribution in [0.4, 0.5) is 0 Å². The molecule has 6 rings (SSSR count). The number of hydrogen-bond acceptors (Lipinski definition) is 11. The summed E-state index contributed by atoms with van der Waals surface area (Å²) >= 11 is 0. The van der Waals surface area contributed by atoms with Gasteiger partial charge in [0.05, 0.1) is 24.5 Å². The predicted molar refractivity (Wildman–Crippen MR) is 128 cm³/mol. The first-order chi connectivity index (χ1) is 18.2. The van der Waals surface area contributed by atoms with Crippen LogP contribution in [0.1, 0.15) is 21.8 Å². The van der Waals surface area contributed by atoms with Crippen LogP contribution in [0.15, 0.2) is 53.2 Å². The number of nitrogens with one attached hydrogen (secondary N) is 1. The maximum absolute atomic E-state index is 12.5. The van der Waals surface area contributed by atoms with E-state index < -0.39 is 0 Å². The van der Waals surface area contributed by atoms with Crippen LogP contribution in [0, 0.1) is 0 Å². The first-order valence-electron chi connectivity index (χ1n) is 11.6. The molecule has 4 aromatic heterocycles. The molecule has 13 heteroatoms. The van der Waals surface area contributed by atoms with E-state index in [4.69, 9.17) is 14.0 Å². The number of fused-ring (bicyclic) bond motifs is 3. The summed E-state index contributed by atoms with van der Waals surface area (Å²) in [5.74, 6) is 0.781. The second kappa shape index (κ2) is 9.89. The van der Waals surface area contributed by atoms with Gasteiger partial charge in [-0.25, -0.2) is 5.01 Å². The minimum atomic E-state index is -0.283. The minimum Gasteiger partial charge on any atom is -0.470 e. The number of pyridine rings is 1. The average Bonchev–Trinajstić information content (AvgIpc) is 3.59. The van der Waals surface area contributed by atoms with Gasteiger partial charge in [0.15, 0.2) is 17.1 Å². The van der Waals surface area contributed by atoms with Gasteiger partial charge in [0.25, 0.3) is 5.91 Å². The third-order valence-electron chi connectivity index (χ3n) is 5.89. The molecular weight excluding hydrogens is 480 g/mol. The Morgan fingerprint density at radius 1 is 1.11 bits per heavy atom. The van der Waals surface area contributed by atoms with Gasteiger partial charge >= 0.3 is 0 Å². The monoisotopic (exact) mass is 502 g/mol. The maximum Gasteiger partial charge on any atom is 0.267 e. The number of carbonyl (C=O) groups is 1. The Morgan fingerprint density at radius 2 is 1.95 bits per heavy atom. The molecule has 188 valence electrons. The number of ether oxygens (including phenoxy) is 2. The van der Waals surface area contributed by atoms with Crippen molar-refractivity contribution < 1.29 is 23.9 Å². The van der Waals surface area contributed by atoms with E-state index in [9.17, 15) is 9.90 Å². The number of aliphatic hydroxyl groups is 1. The number of rotatable bonds is 7. The number of amides is 1. The van der Waals surface area contributed by atoms with Gasteiger partial charge in [-0.1, -0.05) is 23.4 Å². The number of benzene rings is 1. The molecule has 0 atom stereocenters. The van der Waals surface area contributed by atoms with Crippen molar-refractivity contribution in [2.24, 2.45) is 0 Å². The number of aliphatic hydroxyl groups excluding tert-OH is 1. The molecule has 0 unspecified atom stereocenters. The number of nitrogens with zero attached hydrogens (tertiary/aromatic N) is 7. The van der Waals surface area contributed by atoms with Crippen molar-refractivity contribution in [3.05, 3.63) is 65.7 Å². The van der Waals surface area contributed by atoms with Crippen LogP contribution < -0.4 is 10.2 Å². The Kier molecular flexibility index (Phi) is 6.14. The smallest absolute Gasteiger partial charge is 0.267 e. The SMILES string of the molecule is O=C(NN1CCOCC1)c1ccc(COc2nn3c(-c4cc(CO)on4)nnc3c3ccccc23)nc1. The zero-order valence-corrected chi connectivity index (χ0v) is 19.6. The molecule has 1 aromatic carbocycles. The maximum atomic E-state index is 12.5. The summed E-state index contributed by atoms with van der Waals surface area (Å²) in [4.78, 5) is 16.9. The molecule has 2 N–H and O–H groups in total. The molecule has 0 bridgehead atoms. The number of aromatic nitrogens is 6. The van der Waals surface area contributed by atoms with Gasteiger partial charge in [0.2, 0.25) is 11.7 Å². The molecule has 0 aliphatic carbocycles. The summed E-state index contributed by atoms with van der Waals surface area (Å²) in [5, 5.41) is 29.7. The fourth-order valence-electron chi connectivity index (χ4n) is 3.98. The van der Waals surface area contributed by atoms with Crippen molar-refractivity contribution in [2.75, 3.05) is 26.3 Å². The Labute approximate surface area is 209 Å². The highest BCUT2D eigenvalue weighted by Crippen LogP contribution is 2.29. The summed E-state index contributed by atoms with van der Waals surface area (Å²) in [7, 11) is 0. The largest absolute Gasteiger partial charge is 0.470 e. The van der Waals surface area contributed by atoms with E-state index in [1.807, 2.05) is 29.3 Å². The molecule has 5 heterocycles. The van der Waals surface area contributed by atoms with E-state index in [1.165, 1.54) is 10.7 Å². The van der Waals surface area contributed by atoms with Gasteiger partial charge in [-0.15, -0.1) is 15.3 Å². The molecule has 37 heavy (non-hydrogen) atoms. The van der Waals surface area contributed by atoms with Gasteiger partial charge in [-0.05, 0) is 18.2 Å². The molecule has 13 nitrogen and oxygen atoms in total. The van der Waals surface area contributed by atoms with Crippen LogP contribution in [0.2, 0.25) is 0 Å². The van der Waals surface area contributed by atoms with E-state index in [0.717, 1.165) is 10.8 Å². The van der Waals surface area contributed by atoms with Crippen LogP contribution in [0.3, 0.4) is 0 Å². The van der Waals surface area contributed by atoms with E-state index in [1.54, 1.807) is 18.2 Å². The fourth-order valence-corrected chi connectivity index (χ4v) is 3.98. The second-order valence-electron chi connectivity index (χ2n) is 8.31. The Morgan fingerprint density at radius 3 is 2.70 bits per heavy atom. The van der Waals surface area contributed by atoms with Crippen molar-refractivity contribution in [1.82, 2.24) is 40.4 Å². The normalized spacial score (nSPS) is 14.3. The number of hydrogen-bond donors (Lipinski definition) is 2. The summed E-state index contributed by atoms with van der Waals surface area (Å²) in [6, 6.07) is 12.6. The van der Waals surface area contributed by atoms with Crippen molar-refractivity contribution in [3.63, 3.8) is 0 Å². The standard InChI is InChI=1S/C24H22N8O5/c33-13-17-11-20(30-37-17)22-27-26-21-18-3-1-2-4-19(18)24(29-32(21)22)36-14-16-6-5-15(12-25-16)23(34)28-31-7-9-35-10-8-31/h1-6,11-12,33H,7-10,13-14H2,(H,28,34). The summed E-state index contributed by atoms with van der Waals surface area (Å²) in [5.41, 5.74) is 4.85. The number of morpholine rings is 1. The minimum absolute atomic E-state index is 0.129. The highest BCUT2D eigenvalue weighted by atomic mass is 16.5. The molecule has 1 aliphatic heterocycles. The molecule has 1 saturated heterocycles. The molecule has 5 aromatic rings. The Bertz CT molecular complexity index is 1560. The lowest BCUT2D eigenvalue weighted by molar-refractivity contribution is 0.0126. The van der Waals surface area contributed by atoms with Gasteiger partial charge in [0, 0.05) is 36.1 Å². The molecule has 0 radical (unpaired) electrons. The predicted octanol–water partition coefficient (Wildman–Crippen LogP) is 1.38. The van der Waals surface area contributed by atoms with Gasteiger partial charge in [-0.2, -0.15) is 4.52 Å². The van der Waals surface area contributed by atoms with Crippen LogP contribution in [-0.2, 0) is 18.0 Å². The molecular formula is C24H22N8O5. The van der Waals surface area contributed by atoms with E-state index in [0.29, 0.717) is 66.4 Å². The number of hydrazine groups is 1. The van der Waals surface area contributed by atoms with Crippen molar-refractivity contribution in [3.8, 4) is 17.4 Å². The van der Waals surface area contributed by atoms with Gasteiger partial charge < -0.3 is 19.1 Å². The molecule has 1 fully saturated rings. The highest BCUT2D eigenvalue weighted by Gasteiger charge is 2.19. The highest BCUT2D eigenvalue weighted by molar-refractivity contribution is 5.97. The topological polar surface area (TPSA) is 153 Å². The molecule has 1 amide bonds. The molecule has 1 aliphatic rings. The lowest BCUT2D eigenvalue weighted by atomic mass is 10.2. The fraction of sp³-hybridized carbons (Fsp3) is 0.250. The van der Waals surface area contributed by atoms with Crippen molar-refractivity contribution in [2.45, 2.75) is 13.2 Å². The Balaban J connectivity index is 1.24. The van der Waals surface area contributed by atoms with Gasteiger partial charge in [-0.3, -0.25) is 15.2 Å². The Hall–Kier alpha value is -4.46. The lowest BCUT2D eigenvalue weighted by Crippen LogP contribution is -2.48. The molecule has 0 spiro atoms. The van der Waals surface area contributed by atoms with Crippen LogP contribution >= 0.6 is 0 Å². The quantitative estimate of drug-likeness (QED) is 0.332. The third kappa shape index (κ3) is 4.58. The van der Waals surface area contributed by atoms with E-state index in [-0.39, 0.29) is 19.1 Å². The van der Waals surface area contributed by atoms with Crippen LogP contribution in [-0.4, -0.2) is 72.3 Å². The molecule has 0 saturated carbocycles. The van der Waals surface area contributed by atoms with Crippen molar-refractivity contribution >= 4 is 22.3 Å². The third-order valence-corrected chi connectivity index (χ3v) is 5.89. The van der Waals surface area contributed by atoms with Crippen LogP contribution in [0.25, 0.3) is 27.9 Å². The van der Waals surface area contributed by atoms with Crippen molar-refractivity contribution in [1.29, 1.82) is 0 Å². The summed E-state index contributed by atoms with van der Waals surface area (Å²) < 4.78 is 18.0. The first kappa shape index (κ1) is 23.0. The average molecular weight is 502 g/mol. The summed E-state index contributed by atoms with van der Waals surface area (Å²) in [6.07, 6.45) is 1.52. The second-order valence-corrected chi connectivity index (χ2v) is 8.31. The van der Waals surface area contributed by atoms with E-state index in [2.05, 4.69) is 30.9 Å².